The fraction of sp³-hybridized carbons (Fsp3) is 0.818. The molecule has 0 aromatic heterocycles. The van der Waals surface area contributed by atoms with Crippen molar-refractivity contribution in [2.24, 2.45) is 11.7 Å². The van der Waals surface area contributed by atoms with Crippen molar-refractivity contribution >= 4 is 11.9 Å². The van der Waals surface area contributed by atoms with Crippen molar-refractivity contribution in [3.63, 3.8) is 0 Å². The molecule has 4 N–H and O–H groups in total. The van der Waals surface area contributed by atoms with Crippen molar-refractivity contribution in [2.45, 2.75) is 51.1 Å². The number of carboxylic acid groups (broad SMARTS) is 1. The maximum absolute atomic E-state index is 11.6. The molecule has 0 aromatic carbocycles. The number of carboxylic acids is 1. The highest BCUT2D eigenvalue weighted by Gasteiger charge is 2.34. The highest BCUT2D eigenvalue weighted by Crippen LogP contribution is 2.34. The zero-order valence-corrected chi connectivity index (χ0v) is 9.61. The van der Waals surface area contributed by atoms with E-state index in [1.165, 1.54) is 0 Å². The minimum absolute atomic E-state index is 0.00471. The van der Waals surface area contributed by atoms with Gasteiger partial charge in [-0.1, -0.05) is 13.3 Å². The average Bonchev–Trinajstić information content (AvgIpc) is 2.99. The first-order valence-electron chi connectivity index (χ1n) is 5.82. The van der Waals surface area contributed by atoms with E-state index in [0.717, 1.165) is 19.3 Å². The molecule has 0 spiro atoms. The third-order valence-corrected chi connectivity index (χ3v) is 2.85. The van der Waals surface area contributed by atoms with Gasteiger partial charge in [-0.2, -0.15) is 0 Å². The summed E-state index contributed by atoms with van der Waals surface area (Å²) in [4.78, 5) is 22.3. The quantitative estimate of drug-likeness (QED) is 0.591. The summed E-state index contributed by atoms with van der Waals surface area (Å²) < 4.78 is 0. The molecule has 92 valence electrons. The van der Waals surface area contributed by atoms with E-state index in [4.69, 9.17) is 10.8 Å². The number of carbonyl (C=O) groups is 2. The first-order chi connectivity index (χ1) is 7.54. The zero-order chi connectivity index (χ0) is 12.1. The van der Waals surface area contributed by atoms with Crippen LogP contribution in [0.15, 0.2) is 0 Å². The molecule has 5 heteroatoms. The largest absolute Gasteiger partial charge is 0.481 e. The van der Waals surface area contributed by atoms with Crippen LogP contribution in [0.5, 0.6) is 0 Å². The summed E-state index contributed by atoms with van der Waals surface area (Å²) in [5, 5.41) is 11.5. The third kappa shape index (κ3) is 4.18. The lowest BCUT2D eigenvalue weighted by molar-refractivity contribution is -0.138. The predicted octanol–water partition coefficient (Wildman–Crippen LogP) is 0.483. The SMILES string of the molecule is CCC[C@H](N)C(=O)NC(CC(=O)O)C1CC1. The average molecular weight is 228 g/mol. The molecule has 1 saturated carbocycles. The van der Waals surface area contributed by atoms with Crippen molar-refractivity contribution in [3.05, 3.63) is 0 Å². The monoisotopic (exact) mass is 228 g/mol. The summed E-state index contributed by atoms with van der Waals surface area (Å²) in [6.07, 6.45) is 3.48. The molecule has 1 amide bonds. The number of carbonyl (C=O) groups excluding carboxylic acids is 1. The molecule has 5 nitrogen and oxygen atoms in total. The molecule has 0 radical (unpaired) electrons. The van der Waals surface area contributed by atoms with Crippen LogP contribution in [-0.2, 0) is 9.59 Å². The summed E-state index contributed by atoms with van der Waals surface area (Å²) in [7, 11) is 0. The number of hydrogen-bond donors (Lipinski definition) is 3. The lowest BCUT2D eigenvalue weighted by atomic mass is 10.1. The summed E-state index contributed by atoms with van der Waals surface area (Å²) >= 11 is 0. The second-order valence-electron chi connectivity index (χ2n) is 4.45. The minimum atomic E-state index is -0.874. The number of nitrogens with one attached hydrogen (secondary N) is 1. The Morgan fingerprint density at radius 2 is 2.12 bits per heavy atom. The molecule has 0 bridgehead atoms. The fourth-order valence-corrected chi connectivity index (χ4v) is 1.75. The number of rotatable bonds is 7. The van der Waals surface area contributed by atoms with Gasteiger partial charge in [-0.3, -0.25) is 9.59 Å². The molecule has 0 aliphatic heterocycles. The molecule has 0 aromatic rings. The van der Waals surface area contributed by atoms with Gasteiger partial charge in [-0.15, -0.1) is 0 Å². The van der Waals surface area contributed by atoms with Gasteiger partial charge in [-0.05, 0) is 25.2 Å². The molecular formula is C11H20N2O3. The van der Waals surface area contributed by atoms with Crippen LogP contribution in [0, 0.1) is 5.92 Å². The van der Waals surface area contributed by atoms with Crippen molar-refractivity contribution in [3.8, 4) is 0 Å². The molecule has 1 unspecified atom stereocenters. The Labute approximate surface area is 95.4 Å². The Balaban J connectivity index is 2.41. The Kier molecular flexibility index (Phi) is 4.73. The molecule has 1 aliphatic carbocycles. The smallest absolute Gasteiger partial charge is 0.305 e. The van der Waals surface area contributed by atoms with Gasteiger partial charge in [-0.25, -0.2) is 0 Å². The van der Waals surface area contributed by atoms with Crippen LogP contribution >= 0.6 is 0 Å². The van der Waals surface area contributed by atoms with Gasteiger partial charge in [0.05, 0.1) is 12.5 Å². The van der Waals surface area contributed by atoms with Crippen LogP contribution < -0.4 is 11.1 Å². The highest BCUT2D eigenvalue weighted by atomic mass is 16.4. The summed E-state index contributed by atoms with van der Waals surface area (Å²) in [6, 6.07) is -0.757. The van der Waals surface area contributed by atoms with Crippen LogP contribution in [0.4, 0.5) is 0 Å². The van der Waals surface area contributed by atoms with Crippen LogP contribution in [0.2, 0.25) is 0 Å². The molecule has 16 heavy (non-hydrogen) atoms. The molecule has 0 saturated heterocycles. The Bertz CT molecular complexity index is 264. The number of aliphatic carboxylic acids is 1. The maximum Gasteiger partial charge on any atom is 0.305 e. The molecule has 1 aliphatic rings. The van der Waals surface area contributed by atoms with Crippen molar-refractivity contribution < 1.29 is 14.7 Å². The van der Waals surface area contributed by atoms with Gasteiger partial charge < -0.3 is 16.2 Å². The van der Waals surface area contributed by atoms with Crippen LogP contribution in [0.3, 0.4) is 0 Å². The van der Waals surface area contributed by atoms with Crippen molar-refractivity contribution in [1.82, 2.24) is 5.32 Å². The second kappa shape index (κ2) is 5.84. The Morgan fingerprint density at radius 3 is 2.56 bits per heavy atom. The molecular weight excluding hydrogens is 208 g/mol. The van der Waals surface area contributed by atoms with E-state index in [-0.39, 0.29) is 18.4 Å². The lowest BCUT2D eigenvalue weighted by Gasteiger charge is -2.19. The predicted molar refractivity (Wildman–Crippen MR) is 59.8 cm³/mol. The number of nitrogens with two attached hydrogens (primary N) is 1. The molecule has 1 fully saturated rings. The van der Waals surface area contributed by atoms with Gasteiger partial charge in [0.25, 0.3) is 0 Å². The molecule has 2 atom stereocenters. The molecule has 0 heterocycles. The lowest BCUT2D eigenvalue weighted by Crippen LogP contribution is -2.46. The second-order valence-corrected chi connectivity index (χ2v) is 4.45. The fourth-order valence-electron chi connectivity index (χ4n) is 1.75. The van der Waals surface area contributed by atoms with Gasteiger partial charge in [0.1, 0.15) is 0 Å². The summed E-state index contributed by atoms with van der Waals surface area (Å²) in [5.41, 5.74) is 5.67. The van der Waals surface area contributed by atoms with Crippen LogP contribution in [0.1, 0.15) is 39.0 Å². The molecule has 1 rings (SSSR count). The maximum atomic E-state index is 11.6. The van der Waals surface area contributed by atoms with E-state index in [0.29, 0.717) is 12.3 Å². The Morgan fingerprint density at radius 1 is 1.50 bits per heavy atom. The third-order valence-electron chi connectivity index (χ3n) is 2.85. The first-order valence-corrected chi connectivity index (χ1v) is 5.82. The van der Waals surface area contributed by atoms with E-state index >= 15 is 0 Å². The van der Waals surface area contributed by atoms with E-state index in [2.05, 4.69) is 5.32 Å². The minimum Gasteiger partial charge on any atom is -0.481 e. The number of hydrogen-bond acceptors (Lipinski definition) is 3. The van der Waals surface area contributed by atoms with Gasteiger partial charge in [0.15, 0.2) is 0 Å². The topological polar surface area (TPSA) is 92.4 Å². The van der Waals surface area contributed by atoms with Crippen LogP contribution in [-0.4, -0.2) is 29.1 Å². The first kappa shape index (κ1) is 13.0. The van der Waals surface area contributed by atoms with E-state index in [1.54, 1.807) is 0 Å². The number of amides is 1. The standard InChI is InChI=1S/C11H20N2O3/c1-2-3-8(12)11(16)13-9(6-10(14)15)7-4-5-7/h7-9H,2-6,12H2,1H3,(H,13,16)(H,14,15)/t8-,9?/m0/s1. The van der Waals surface area contributed by atoms with Gasteiger partial charge in [0, 0.05) is 6.04 Å². The highest BCUT2D eigenvalue weighted by molar-refractivity contribution is 5.82. The summed E-state index contributed by atoms with van der Waals surface area (Å²) in [5.74, 6) is -0.768. The van der Waals surface area contributed by atoms with Crippen LogP contribution in [0.25, 0.3) is 0 Å². The van der Waals surface area contributed by atoms with Crippen molar-refractivity contribution in [2.75, 3.05) is 0 Å². The summed E-state index contributed by atoms with van der Waals surface area (Å²) in [6.45, 7) is 1.96. The van der Waals surface area contributed by atoms with E-state index in [9.17, 15) is 9.59 Å². The van der Waals surface area contributed by atoms with Gasteiger partial charge >= 0.3 is 5.97 Å². The normalized spacial score (nSPS) is 18.9. The zero-order valence-electron chi connectivity index (χ0n) is 9.61. The van der Waals surface area contributed by atoms with E-state index < -0.39 is 12.0 Å². The van der Waals surface area contributed by atoms with Crippen molar-refractivity contribution in [1.29, 1.82) is 0 Å². The Hall–Kier alpha value is -1.10. The van der Waals surface area contributed by atoms with Gasteiger partial charge in [0.2, 0.25) is 5.91 Å². The van der Waals surface area contributed by atoms with E-state index in [1.807, 2.05) is 6.92 Å².